The largest absolute Gasteiger partial charge is 0.372 e. The van der Waals surface area contributed by atoms with Crippen LogP contribution in [0.25, 0.3) is 0 Å². The van der Waals surface area contributed by atoms with Gasteiger partial charge in [0.15, 0.2) is 11.6 Å². The fraction of sp³-hybridized carbons (Fsp3) is 0.720. The third-order valence-electron chi connectivity index (χ3n) is 4.80. The summed E-state index contributed by atoms with van der Waals surface area (Å²) in [5, 5.41) is 9.55. The van der Waals surface area contributed by atoms with Crippen LogP contribution in [0.5, 0.6) is 0 Å². The normalized spacial score (nSPS) is 11.3. The Morgan fingerprint density at radius 3 is 1.85 bits per heavy atom. The molecule has 1 atom stereocenters. The third kappa shape index (κ3) is 22.5. The van der Waals surface area contributed by atoms with Crippen molar-refractivity contribution in [3.8, 4) is 0 Å². The smallest absolute Gasteiger partial charge is 0.249 e. The molecular formula is C25H42N4O10. The zero-order valence-corrected chi connectivity index (χ0v) is 23.1. The minimum Gasteiger partial charge on any atom is -0.372 e. The number of hydrogen-bond donors (Lipinski definition) is 4. The van der Waals surface area contributed by atoms with Crippen molar-refractivity contribution in [2.24, 2.45) is 0 Å². The fourth-order valence-electron chi connectivity index (χ4n) is 2.95. The first-order valence-electron chi connectivity index (χ1n) is 12.9. The first kappa shape index (κ1) is 35.8. The van der Waals surface area contributed by atoms with Crippen molar-refractivity contribution in [1.82, 2.24) is 21.3 Å². The molecule has 0 aromatic heterocycles. The SMILES string of the molecule is CCCCCOCC(=O)NCC(=O)NC(=O)C(CCCCNC(=O)COCC(C)=O)NC(=O)COCC(C)=O. The predicted octanol–water partition coefficient (Wildman–Crippen LogP) is -1.07. The maximum Gasteiger partial charge on any atom is 0.249 e. The van der Waals surface area contributed by atoms with E-state index in [0.29, 0.717) is 19.4 Å². The van der Waals surface area contributed by atoms with E-state index >= 15 is 0 Å². The van der Waals surface area contributed by atoms with E-state index in [4.69, 9.17) is 14.2 Å². The van der Waals surface area contributed by atoms with E-state index in [1.165, 1.54) is 13.8 Å². The molecule has 0 radical (unpaired) electrons. The van der Waals surface area contributed by atoms with Crippen LogP contribution in [0.15, 0.2) is 0 Å². The Morgan fingerprint density at radius 2 is 1.23 bits per heavy atom. The van der Waals surface area contributed by atoms with Gasteiger partial charge in [0.1, 0.15) is 39.1 Å². The van der Waals surface area contributed by atoms with E-state index in [-0.39, 0.29) is 51.0 Å². The number of nitrogens with one attached hydrogen (secondary N) is 4. The summed E-state index contributed by atoms with van der Waals surface area (Å²) in [7, 11) is 0. The molecule has 0 rings (SSSR count). The van der Waals surface area contributed by atoms with E-state index in [1.54, 1.807) is 0 Å². The number of ether oxygens (including phenoxy) is 3. The van der Waals surface area contributed by atoms with Crippen LogP contribution in [-0.4, -0.2) is 99.9 Å². The van der Waals surface area contributed by atoms with Gasteiger partial charge in [-0.2, -0.15) is 0 Å². The van der Waals surface area contributed by atoms with Gasteiger partial charge in [0.05, 0.1) is 6.54 Å². The van der Waals surface area contributed by atoms with Crippen LogP contribution in [0, 0.1) is 0 Å². The van der Waals surface area contributed by atoms with Crippen LogP contribution >= 0.6 is 0 Å². The van der Waals surface area contributed by atoms with Crippen LogP contribution in [0.4, 0.5) is 0 Å². The molecule has 0 bridgehead atoms. The van der Waals surface area contributed by atoms with E-state index in [9.17, 15) is 33.6 Å². The molecular weight excluding hydrogens is 516 g/mol. The second-order valence-electron chi connectivity index (χ2n) is 8.80. The van der Waals surface area contributed by atoms with Gasteiger partial charge in [-0.3, -0.25) is 38.9 Å². The second kappa shape index (κ2) is 22.7. The number of rotatable bonds is 23. The summed E-state index contributed by atoms with van der Waals surface area (Å²) in [6, 6.07) is -1.10. The lowest BCUT2D eigenvalue weighted by molar-refractivity contribution is -0.137. The number of carbonyl (C=O) groups excluding carboxylic acids is 7. The average molecular weight is 559 g/mol. The summed E-state index contributed by atoms with van der Waals surface area (Å²) in [6.07, 6.45) is 3.80. The van der Waals surface area contributed by atoms with Crippen LogP contribution in [0.3, 0.4) is 0 Å². The molecule has 39 heavy (non-hydrogen) atoms. The van der Waals surface area contributed by atoms with Gasteiger partial charge >= 0.3 is 0 Å². The highest BCUT2D eigenvalue weighted by Crippen LogP contribution is 2.02. The number of unbranched alkanes of at least 4 members (excludes halogenated alkanes) is 3. The zero-order chi connectivity index (χ0) is 29.5. The van der Waals surface area contributed by atoms with Crippen molar-refractivity contribution in [3.63, 3.8) is 0 Å². The van der Waals surface area contributed by atoms with Gasteiger partial charge in [-0.05, 0) is 39.5 Å². The van der Waals surface area contributed by atoms with Gasteiger partial charge < -0.3 is 30.2 Å². The van der Waals surface area contributed by atoms with Gasteiger partial charge in [0, 0.05) is 13.2 Å². The second-order valence-corrected chi connectivity index (χ2v) is 8.80. The molecule has 14 nitrogen and oxygen atoms in total. The lowest BCUT2D eigenvalue weighted by atomic mass is 10.1. The molecule has 0 aliphatic rings. The Labute approximate surface area is 228 Å². The Morgan fingerprint density at radius 1 is 0.641 bits per heavy atom. The summed E-state index contributed by atoms with van der Waals surface area (Å²) in [5.41, 5.74) is 0. The van der Waals surface area contributed by atoms with E-state index in [0.717, 1.165) is 19.3 Å². The molecule has 222 valence electrons. The van der Waals surface area contributed by atoms with Crippen molar-refractivity contribution >= 4 is 41.1 Å². The lowest BCUT2D eigenvalue weighted by Crippen LogP contribution is -2.51. The van der Waals surface area contributed by atoms with Crippen LogP contribution < -0.4 is 21.3 Å². The fourth-order valence-corrected chi connectivity index (χ4v) is 2.95. The molecule has 14 heteroatoms. The van der Waals surface area contributed by atoms with Gasteiger partial charge in [0.25, 0.3) is 0 Å². The quantitative estimate of drug-likeness (QED) is 0.112. The highest BCUT2D eigenvalue weighted by molar-refractivity contribution is 6.00. The number of ketones is 2. The van der Waals surface area contributed by atoms with Crippen molar-refractivity contribution in [2.75, 3.05) is 52.7 Å². The van der Waals surface area contributed by atoms with Gasteiger partial charge in [-0.25, -0.2) is 0 Å². The van der Waals surface area contributed by atoms with Gasteiger partial charge in [-0.15, -0.1) is 0 Å². The first-order chi connectivity index (χ1) is 18.5. The van der Waals surface area contributed by atoms with Crippen molar-refractivity contribution < 1.29 is 47.8 Å². The maximum absolute atomic E-state index is 12.6. The lowest BCUT2D eigenvalue weighted by Gasteiger charge is -2.18. The molecule has 0 saturated heterocycles. The van der Waals surface area contributed by atoms with E-state index < -0.39 is 48.7 Å². The standard InChI is InChI=1S/C25H42N4O10/c1-4-5-8-11-37-15-23(34)27-12-21(32)29-25(36)20(28-24(35)17-39-14-19(3)31)9-6-7-10-26-22(33)16-38-13-18(2)30/h20H,4-17H2,1-3H3,(H,26,33)(H,27,34)(H,28,35)(H,29,32,36). The number of imide groups is 1. The Kier molecular flexibility index (Phi) is 20.8. The Balaban J connectivity index is 4.62. The number of hydrogen-bond acceptors (Lipinski definition) is 10. The molecule has 0 aromatic rings. The highest BCUT2D eigenvalue weighted by atomic mass is 16.5. The van der Waals surface area contributed by atoms with Crippen LogP contribution in [0.2, 0.25) is 0 Å². The molecule has 0 aliphatic carbocycles. The maximum atomic E-state index is 12.6. The molecule has 1 unspecified atom stereocenters. The van der Waals surface area contributed by atoms with Crippen molar-refractivity contribution in [2.45, 2.75) is 65.3 Å². The molecule has 0 aromatic carbocycles. The van der Waals surface area contributed by atoms with Crippen LogP contribution in [0.1, 0.15) is 59.3 Å². The Hall–Kier alpha value is -3.23. The first-order valence-corrected chi connectivity index (χ1v) is 12.9. The summed E-state index contributed by atoms with van der Waals surface area (Å²) in [4.78, 5) is 82.2. The number of carbonyl (C=O) groups is 7. The molecule has 5 amide bonds. The topological polar surface area (TPSA) is 195 Å². The van der Waals surface area contributed by atoms with E-state index in [1.807, 2.05) is 6.92 Å². The van der Waals surface area contributed by atoms with Gasteiger partial charge in [0.2, 0.25) is 29.5 Å². The van der Waals surface area contributed by atoms with Crippen molar-refractivity contribution in [3.05, 3.63) is 0 Å². The molecule has 0 saturated carbocycles. The highest BCUT2D eigenvalue weighted by Gasteiger charge is 2.22. The molecule has 0 fully saturated rings. The van der Waals surface area contributed by atoms with Gasteiger partial charge in [-0.1, -0.05) is 19.8 Å². The van der Waals surface area contributed by atoms with E-state index in [2.05, 4.69) is 21.3 Å². The molecule has 0 aliphatic heterocycles. The number of amides is 5. The molecule has 4 N–H and O–H groups in total. The summed E-state index contributed by atoms with van der Waals surface area (Å²) >= 11 is 0. The summed E-state index contributed by atoms with van der Waals surface area (Å²) in [5.74, 6) is -3.60. The minimum atomic E-state index is -1.10. The zero-order valence-electron chi connectivity index (χ0n) is 23.1. The van der Waals surface area contributed by atoms with Crippen LogP contribution in [-0.2, 0) is 47.8 Å². The molecule has 0 heterocycles. The monoisotopic (exact) mass is 558 g/mol. The average Bonchev–Trinajstić information content (AvgIpc) is 2.86. The molecule has 0 spiro atoms. The summed E-state index contributed by atoms with van der Waals surface area (Å²) in [6.45, 7) is 3.58. The third-order valence-corrected chi connectivity index (χ3v) is 4.80. The van der Waals surface area contributed by atoms with Crippen molar-refractivity contribution in [1.29, 1.82) is 0 Å². The predicted molar refractivity (Wildman–Crippen MR) is 138 cm³/mol. The Bertz CT molecular complexity index is 819. The summed E-state index contributed by atoms with van der Waals surface area (Å²) < 4.78 is 15.1. The number of Topliss-reactive ketones (excluding diaryl/α,β-unsaturated/α-hetero) is 2. The minimum absolute atomic E-state index is 0.131.